The van der Waals surface area contributed by atoms with Crippen LogP contribution in [-0.4, -0.2) is 47.9 Å². The molecule has 3 amide bonds. The van der Waals surface area contributed by atoms with Crippen LogP contribution in [0.2, 0.25) is 0 Å². The number of benzene rings is 2. The number of likely N-dealkylation sites (N-methyl/N-ethyl adjacent to an activating group) is 1. The molecule has 0 aromatic heterocycles. The fourth-order valence-corrected chi connectivity index (χ4v) is 3.49. The van der Waals surface area contributed by atoms with E-state index < -0.39 is 16.9 Å². The molecule has 3 rings (SSSR count). The first-order valence-electron chi connectivity index (χ1n) is 9.16. The maximum absolute atomic E-state index is 13.3. The standard InChI is InChI=1S/C21H22N4O5/c1-13-18(20(26)22-16-10-5-6-11-17(16)30-4)19(24(3)21(27)23(13)2)14-8-7-9-15(12-14)25(28)29/h5-12,19H,1-4H3,(H,22,26)/t19-/m1/s1. The van der Waals surface area contributed by atoms with Crippen LogP contribution in [0.15, 0.2) is 59.8 Å². The monoisotopic (exact) mass is 410 g/mol. The molecule has 2 aromatic rings. The Labute approximate surface area is 173 Å². The van der Waals surface area contributed by atoms with E-state index in [0.29, 0.717) is 28.3 Å². The number of anilines is 1. The normalized spacial score (nSPS) is 16.5. The number of hydrogen-bond acceptors (Lipinski definition) is 5. The molecule has 1 atom stereocenters. The smallest absolute Gasteiger partial charge is 0.324 e. The molecule has 1 aliphatic heterocycles. The van der Waals surface area contributed by atoms with Crippen molar-refractivity contribution < 1.29 is 19.2 Å². The number of nitro benzene ring substituents is 1. The molecule has 0 bridgehead atoms. The van der Waals surface area contributed by atoms with Crippen LogP contribution in [-0.2, 0) is 4.79 Å². The van der Waals surface area contributed by atoms with E-state index in [0.717, 1.165) is 0 Å². The predicted molar refractivity (Wildman–Crippen MR) is 111 cm³/mol. The van der Waals surface area contributed by atoms with Gasteiger partial charge in [-0.15, -0.1) is 0 Å². The van der Waals surface area contributed by atoms with E-state index in [2.05, 4.69) is 5.32 Å². The lowest BCUT2D eigenvalue weighted by Crippen LogP contribution is -2.47. The summed E-state index contributed by atoms with van der Waals surface area (Å²) in [5, 5.41) is 14.1. The zero-order valence-corrected chi connectivity index (χ0v) is 17.1. The van der Waals surface area contributed by atoms with E-state index in [1.807, 2.05) is 0 Å². The van der Waals surface area contributed by atoms with Gasteiger partial charge in [-0.2, -0.15) is 0 Å². The van der Waals surface area contributed by atoms with E-state index >= 15 is 0 Å². The Morgan fingerprint density at radius 3 is 2.53 bits per heavy atom. The van der Waals surface area contributed by atoms with Crippen molar-refractivity contribution in [3.63, 3.8) is 0 Å². The summed E-state index contributed by atoms with van der Waals surface area (Å²) in [7, 11) is 4.64. The van der Waals surface area contributed by atoms with E-state index in [-0.39, 0.29) is 11.7 Å². The highest BCUT2D eigenvalue weighted by Gasteiger charge is 2.39. The van der Waals surface area contributed by atoms with Crippen molar-refractivity contribution in [2.75, 3.05) is 26.5 Å². The first-order valence-corrected chi connectivity index (χ1v) is 9.16. The molecule has 1 aliphatic rings. The Bertz CT molecular complexity index is 1050. The highest BCUT2D eigenvalue weighted by Crippen LogP contribution is 2.37. The third-order valence-electron chi connectivity index (χ3n) is 5.14. The Morgan fingerprint density at radius 2 is 1.87 bits per heavy atom. The van der Waals surface area contributed by atoms with E-state index in [1.165, 1.54) is 35.1 Å². The second-order valence-electron chi connectivity index (χ2n) is 6.86. The van der Waals surface area contributed by atoms with E-state index in [9.17, 15) is 19.7 Å². The number of nitro groups is 1. The highest BCUT2D eigenvalue weighted by atomic mass is 16.6. The van der Waals surface area contributed by atoms with Gasteiger partial charge in [-0.25, -0.2) is 4.79 Å². The predicted octanol–water partition coefficient (Wildman–Crippen LogP) is 3.55. The number of urea groups is 1. The average Bonchev–Trinajstić information content (AvgIpc) is 2.74. The summed E-state index contributed by atoms with van der Waals surface area (Å²) in [4.78, 5) is 39.5. The van der Waals surface area contributed by atoms with Crippen molar-refractivity contribution in [3.05, 3.63) is 75.5 Å². The number of non-ortho nitro benzene ring substituents is 1. The second-order valence-corrected chi connectivity index (χ2v) is 6.86. The molecule has 0 spiro atoms. The van der Waals surface area contributed by atoms with Crippen LogP contribution in [0.4, 0.5) is 16.2 Å². The Kier molecular flexibility index (Phi) is 5.72. The van der Waals surface area contributed by atoms with Gasteiger partial charge in [0, 0.05) is 31.9 Å². The minimum absolute atomic E-state index is 0.116. The lowest BCUT2D eigenvalue weighted by Gasteiger charge is -2.39. The van der Waals surface area contributed by atoms with Crippen molar-refractivity contribution >= 4 is 23.3 Å². The summed E-state index contributed by atoms with van der Waals surface area (Å²) >= 11 is 0. The van der Waals surface area contributed by atoms with Crippen LogP contribution in [0.25, 0.3) is 0 Å². The van der Waals surface area contributed by atoms with Crippen molar-refractivity contribution in [3.8, 4) is 5.75 Å². The highest BCUT2D eigenvalue weighted by molar-refractivity contribution is 6.07. The maximum atomic E-state index is 13.3. The topological polar surface area (TPSA) is 105 Å². The van der Waals surface area contributed by atoms with Crippen LogP contribution < -0.4 is 10.1 Å². The third kappa shape index (κ3) is 3.69. The van der Waals surface area contributed by atoms with Gasteiger partial charge in [-0.05, 0) is 24.6 Å². The van der Waals surface area contributed by atoms with E-state index in [1.54, 1.807) is 51.4 Å². The zero-order valence-electron chi connectivity index (χ0n) is 17.1. The molecule has 0 fully saturated rings. The van der Waals surface area contributed by atoms with Gasteiger partial charge in [0.2, 0.25) is 0 Å². The van der Waals surface area contributed by atoms with Gasteiger partial charge < -0.3 is 19.9 Å². The molecular formula is C21H22N4O5. The summed E-state index contributed by atoms with van der Waals surface area (Å²) in [5.41, 5.74) is 1.60. The molecule has 1 heterocycles. The number of carbonyl (C=O) groups is 2. The molecule has 0 radical (unpaired) electrons. The van der Waals surface area contributed by atoms with Crippen LogP contribution in [0, 0.1) is 10.1 Å². The Hall–Kier alpha value is -3.88. The minimum atomic E-state index is -0.789. The van der Waals surface area contributed by atoms with Gasteiger partial charge in [0.05, 0.1) is 29.3 Å². The largest absolute Gasteiger partial charge is 0.495 e. The van der Waals surface area contributed by atoms with E-state index in [4.69, 9.17) is 4.74 Å². The molecule has 0 unspecified atom stereocenters. The average molecular weight is 410 g/mol. The lowest BCUT2D eigenvalue weighted by molar-refractivity contribution is -0.384. The molecule has 0 saturated heterocycles. The molecule has 156 valence electrons. The van der Waals surface area contributed by atoms with Gasteiger partial charge in [-0.3, -0.25) is 14.9 Å². The van der Waals surface area contributed by atoms with Crippen molar-refractivity contribution in [2.45, 2.75) is 13.0 Å². The summed E-state index contributed by atoms with van der Waals surface area (Å²) in [6, 6.07) is 11.8. The molecule has 30 heavy (non-hydrogen) atoms. The molecular weight excluding hydrogens is 388 g/mol. The second kappa shape index (κ2) is 8.24. The third-order valence-corrected chi connectivity index (χ3v) is 5.14. The number of allylic oxidation sites excluding steroid dienone is 1. The number of para-hydroxylation sites is 2. The fraction of sp³-hybridized carbons (Fsp3) is 0.238. The maximum Gasteiger partial charge on any atom is 0.324 e. The number of methoxy groups -OCH3 is 1. The summed E-state index contributed by atoms with van der Waals surface area (Å²) in [6.07, 6.45) is 0. The first-order chi connectivity index (χ1) is 14.3. The lowest BCUT2D eigenvalue weighted by atomic mass is 9.92. The number of ether oxygens (including phenoxy) is 1. The fourth-order valence-electron chi connectivity index (χ4n) is 3.49. The van der Waals surface area contributed by atoms with Gasteiger partial charge in [-0.1, -0.05) is 24.3 Å². The van der Waals surface area contributed by atoms with Crippen molar-refractivity contribution in [1.29, 1.82) is 0 Å². The molecule has 9 heteroatoms. The van der Waals surface area contributed by atoms with Crippen molar-refractivity contribution in [1.82, 2.24) is 9.80 Å². The minimum Gasteiger partial charge on any atom is -0.495 e. The van der Waals surface area contributed by atoms with Gasteiger partial charge in [0.1, 0.15) is 5.75 Å². The number of carbonyl (C=O) groups excluding carboxylic acids is 2. The summed E-state index contributed by atoms with van der Waals surface area (Å²) in [5.74, 6) is 0.0595. The van der Waals surface area contributed by atoms with Crippen LogP contribution in [0.1, 0.15) is 18.5 Å². The SMILES string of the molecule is COc1ccccc1NC(=O)C1=C(C)N(C)C(=O)N(C)[C@@H]1c1cccc([N+](=O)[O-])c1. The van der Waals surface area contributed by atoms with Crippen LogP contribution in [0.3, 0.4) is 0 Å². The molecule has 0 saturated carbocycles. The van der Waals surface area contributed by atoms with Crippen LogP contribution >= 0.6 is 0 Å². The number of hydrogen-bond donors (Lipinski definition) is 1. The quantitative estimate of drug-likeness (QED) is 0.599. The van der Waals surface area contributed by atoms with Crippen LogP contribution in [0.5, 0.6) is 5.75 Å². The number of nitrogens with zero attached hydrogens (tertiary/aromatic N) is 3. The van der Waals surface area contributed by atoms with Gasteiger partial charge in [0.15, 0.2) is 0 Å². The Balaban J connectivity index is 2.09. The number of nitrogens with one attached hydrogen (secondary N) is 1. The zero-order chi connectivity index (χ0) is 22.0. The first kappa shape index (κ1) is 20.8. The molecule has 0 aliphatic carbocycles. The molecule has 2 aromatic carbocycles. The number of rotatable bonds is 5. The van der Waals surface area contributed by atoms with Gasteiger partial charge >= 0.3 is 6.03 Å². The summed E-state index contributed by atoms with van der Waals surface area (Å²) in [6.45, 7) is 1.67. The van der Waals surface area contributed by atoms with Crippen molar-refractivity contribution in [2.24, 2.45) is 0 Å². The number of amides is 3. The summed E-state index contributed by atoms with van der Waals surface area (Å²) < 4.78 is 5.29. The molecule has 9 nitrogen and oxygen atoms in total. The Morgan fingerprint density at radius 1 is 1.17 bits per heavy atom. The molecule has 1 N–H and O–H groups in total. The van der Waals surface area contributed by atoms with Gasteiger partial charge in [0.25, 0.3) is 11.6 Å².